The number of furan rings is 1. The van der Waals surface area contributed by atoms with E-state index < -0.39 is 0 Å². The van der Waals surface area contributed by atoms with E-state index >= 15 is 0 Å². The first-order valence-electron chi connectivity index (χ1n) is 11.7. The first kappa shape index (κ1) is 21.0. The van der Waals surface area contributed by atoms with Crippen LogP contribution in [0.25, 0.3) is 0 Å². The third-order valence-electron chi connectivity index (χ3n) is 6.80. The summed E-state index contributed by atoms with van der Waals surface area (Å²) in [5, 5.41) is 3.12. The molecule has 1 saturated heterocycles. The lowest BCUT2D eigenvalue weighted by Gasteiger charge is -2.35. The maximum Gasteiger partial charge on any atom is 0.231 e. The Bertz CT molecular complexity index is 1200. The molecule has 0 radical (unpaired) electrons. The number of hydrogen-bond donors (Lipinski definition) is 1. The van der Waals surface area contributed by atoms with E-state index in [0.29, 0.717) is 37.0 Å². The fourth-order valence-electron chi connectivity index (χ4n) is 5.02. The number of ether oxygens (including phenoxy) is 2. The van der Waals surface area contributed by atoms with E-state index in [1.165, 1.54) is 5.56 Å². The number of carbonyl (C=O) groups is 1. The summed E-state index contributed by atoms with van der Waals surface area (Å²) >= 11 is 0. The molecular formula is C25H27N5O4. The van der Waals surface area contributed by atoms with Crippen LogP contribution in [-0.4, -0.2) is 60.7 Å². The Morgan fingerprint density at radius 3 is 2.71 bits per heavy atom. The monoisotopic (exact) mass is 461 g/mol. The number of fused-ring (bicyclic) bond motifs is 2. The average Bonchev–Trinajstić information content (AvgIpc) is 3.56. The Labute approximate surface area is 197 Å². The van der Waals surface area contributed by atoms with Crippen LogP contribution in [0.1, 0.15) is 39.7 Å². The number of carbonyl (C=O) groups excluding carboxylic acids is 1. The number of aromatic nitrogens is 2. The minimum Gasteiger partial charge on any atom is -0.469 e. The molecule has 1 aliphatic carbocycles. The lowest BCUT2D eigenvalue weighted by atomic mass is 9.84. The summed E-state index contributed by atoms with van der Waals surface area (Å²) in [4.78, 5) is 27.2. The molecule has 4 heterocycles. The molecule has 1 N–H and O–H groups in total. The van der Waals surface area contributed by atoms with Gasteiger partial charge in [-0.2, -0.15) is 4.98 Å². The van der Waals surface area contributed by atoms with Gasteiger partial charge >= 0.3 is 0 Å². The number of rotatable bonds is 5. The van der Waals surface area contributed by atoms with Gasteiger partial charge in [0.25, 0.3) is 0 Å². The van der Waals surface area contributed by atoms with Crippen molar-refractivity contribution in [2.45, 2.75) is 25.3 Å². The van der Waals surface area contributed by atoms with Gasteiger partial charge in [-0.15, -0.1) is 0 Å². The first-order valence-corrected chi connectivity index (χ1v) is 11.7. The second-order valence-electron chi connectivity index (χ2n) is 8.94. The fraction of sp³-hybridized carbons (Fsp3) is 0.400. The molecule has 176 valence electrons. The predicted octanol–water partition coefficient (Wildman–Crippen LogP) is 3.07. The molecule has 9 heteroatoms. The quantitative estimate of drug-likeness (QED) is 0.615. The van der Waals surface area contributed by atoms with Crippen molar-refractivity contribution in [1.29, 1.82) is 0 Å². The minimum atomic E-state index is 0.0148. The van der Waals surface area contributed by atoms with Crippen molar-refractivity contribution in [3.05, 3.63) is 59.2 Å². The minimum absolute atomic E-state index is 0.0148. The van der Waals surface area contributed by atoms with Crippen LogP contribution in [0.5, 0.6) is 11.5 Å². The molecule has 0 bridgehead atoms. The molecule has 0 amide bonds. The molecule has 3 aromatic rings. The standard InChI is InChI=1S/C25H27N5O4/c1-26-24-23-18(12-17(13-19(23)31)20-3-2-10-32-20)27-25(28-24)30-8-6-29(7-9-30)14-16-4-5-21-22(11-16)34-15-33-21/h2-5,10-11,17H,6-9,12-15H2,1H3,(H,26,27,28). The van der Waals surface area contributed by atoms with Crippen LogP contribution in [0.4, 0.5) is 11.8 Å². The number of piperazine rings is 1. The van der Waals surface area contributed by atoms with Gasteiger partial charge in [0.05, 0.1) is 17.5 Å². The number of ketones is 1. The summed E-state index contributed by atoms with van der Waals surface area (Å²) in [7, 11) is 1.81. The zero-order valence-electron chi connectivity index (χ0n) is 19.1. The smallest absolute Gasteiger partial charge is 0.231 e. The van der Waals surface area contributed by atoms with Gasteiger partial charge < -0.3 is 24.1 Å². The first-order chi connectivity index (χ1) is 16.7. The summed E-state index contributed by atoms with van der Waals surface area (Å²) in [6, 6.07) is 9.93. The molecule has 1 atom stereocenters. The second kappa shape index (κ2) is 8.64. The lowest BCUT2D eigenvalue weighted by Crippen LogP contribution is -2.46. The average molecular weight is 462 g/mol. The van der Waals surface area contributed by atoms with Gasteiger partial charge in [0.2, 0.25) is 12.7 Å². The molecule has 2 aromatic heterocycles. The Morgan fingerprint density at radius 1 is 1.06 bits per heavy atom. The van der Waals surface area contributed by atoms with Gasteiger partial charge in [-0.1, -0.05) is 6.07 Å². The van der Waals surface area contributed by atoms with E-state index in [4.69, 9.17) is 23.9 Å². The van der Waals surface area contributed by atoms with Gasteiger partial charge in [0.1, 0.15) is 11.6 Å². The van der Waals surface area contributed by atoms with Gasteiger partial charge in [-0.05, 0) is 29.8 Å². The maximum atomic E-state index is 12.9. The third kappa shape index (κ3) is 3.86. The zero-order chi connectivity index (χ0) is 23.1. The highest BCUT2D eigenvalue weighted by atomic mass is 16.7. The van der Waals surface area contributed by atoms with E-state index in [1.807, 2.05) is 25.2 Å². The van der Waals surface area contributed by atoms with Crippen LogP contribution >= 0.6 is 0 Å². The molecule has 1 fully saturated rings. The van der Waals surface area contributed by atoms with Crippen LogP contribution in [0.15, 0.2) is 41.0 Å². The molecule has 34 heavy (non-hydrogen) atoms. The molecule has 2 aliphatic heterocycles. The Morgan fingerprint density at radius 2 is 1.91 bits per heavy atom. The summed E-state index contributed by atoms with van der Waals surface area (Å²) in [5.41, 5.74) is 2.63. The molecule has 0 saturated carbocycles. The Kier molecular flexibility index (Phi) is 5.33. The lowest BCUT2D eigenvalue weighted by molar-refractivity contribution is 0.0959. The van der Waals surface area contributed by atoms with E-state index in [2.05, 4.69) is 27.2 Å². The Hall–Kier alpha value is -3.59. The van der Waals surface area contributed by atoms with E-state index in [-0.39, 0.29) is 11.7 Å². The van der Waals surface area contributed by atoms with Crippen LogP contribution in [-0.2, 0) is 13.0 Å². The maximum absolute atomic E-state index is 12.9. The molecule has 6 rings (SSSR count). The predicted molar refractivity (Wildman–Crippen MR) is 126 cm³/mol. The molecular weight excluding hydrogens is 434 g/mol. The van der Waals surface area contributed by atoms with Crippen molar-refractivity contribution in [1.82, 2.24) is 14.9 Å². The summed E-state index contributed by atoms with van der Waals surface area (Å²) < 4.78 is 16.5. The van der Waals surface area contributed by atoms with E-state index in [0.717, 1.165) is 55.7 Å². The highest BCUT2D eigenvalue weighted by molar-refractivity contribution is 6.03. The number of nitrogens with one attached hydrogen (secondary N) is 1. The third-order valence-corrected chi connectivity index (χ3v) is 6.80. The van der Waals surface area contributed by atoms with Gasteiger partial charge in [-0.3, -0.25) is 9.69 Å². The molecule has 1 unspecified atom stereocenters. The number of Topliss-reactive ketones (excluding diaryl/α,β-unsaturated/α-hetero) is 1. The molecule has 1 aromatic carbocycles. The fourth-order valence-corrected chi connectivity index (χ4v) is 5.02. The number of benzene rings is 1. The highest BCUT2D eigenvalue weighted by Crippen LogP contribution is 2.36. The SMILES string of the molecule is CNc1nc(N2CCN(Cc3ccc4c(c3)OCO4)CC2)nc2c1C(=O)CC(c1ccco1)C2. The summed E-state index contributed by atoms with van der Waals surface area (Å²) in [6.45, 7) is 4.59. The van der Waals surface area contributed by atoms with Crippen molar-refractivity contribution >= 4 is 17.5 Å². The summed E-state index contributed by atoms with van der Waals surface area (Å²) in [6.07, 6.45) is 2.74. The zero-order valence-corrected chi connectivity index (χ0v) is 19.1. The molecule has 9 nitrogen and oxygen atoms in total. The topological polar surface area (TPSA) is 93.0 Å². The van der Waals surface area contributed by atoms with Crippen LogP contribution in [0.3, 0.4) is 0 Å². The van der Waals surface area contributed by atoms with E-state index in [9.17, 15) is 4.79 Å². The van der Waals surface area contributed by atoms with Gasteiger partial charge in [-0.25, -0.2) is 4.98 Å². The van der Waals surface area contributed by atoms with E-state index in [1.54, 1.807) is 6.26 Å². The van der Waals surface area contributed by atoms with Gasteiger partial charge in [0.15, 0.2) is 17.3 Å². The van der Waals surface area contributed by atoms with Crippen LogP contribution in [0.2, 0.25) is 0 Å². The highest BCUT2D eigenvalue weighted by Gasteiger charge is 2.33. The second-order valence-corrected chi connectivity index (χ2v) is 8.94. The van der Waals surface area contributed by atoms with Crippen molar-refractivity contribution in [3.8, 4) is 11.5 Å². The van der Waals surface area contributed by atoms with Crippen molar-refractivity contribution in [3.63, 3.8) is 0 Å². The molecule has 0 spiro atoms. The number of anilines is 2. The Balaban J connectivity index is 1.17. The largest absolute Gasteiger partial charge is 0.469 e. The summed E-state index contributed by atoms with van der Waals surface area (Å²) in [5.74, 6) is 3.84. The number of hydrogen-bond acceptors (Lipinski definition) is 9. The van der Waals surface area contributed by atoms with Crippen molar-refractivity contribution < 1.29 is 18.7 Å². The van der Waals surface area contributed by atoms with Crippen LogP contribution in [0, 0.1) is 0 Å². The van der Waals surface area contributed by atoms with Crippen LogP contribution < -0.4 is 19.7 Å². The number of nitrogens with zero attached hydrogens (tertiary/aromatic N) is 4. The van der Waals surface area contributed by atoms with Crippen molar-refractivity contribution in [2.75, 3.05) is 50.2 Å². The van der Waals surface area contributed by atoms with Gasteiger partial charge in [0, 0.05) is 58.5 Å². The normalized spacial score (nSPS) is 19.9. The van der Waals surface area contributed by atoms with Crippen molar-refractivity contribution in [2.24, 2.45) is 0 Å². The molecule has 3 aliphatic rings.